The molecule has 0 amide bonds. The Bertz CT molecular complexity index is 863. The normalized spacial score (nSPS) is 14.8. The van der Waals surface area contributed by atoms with E-state index in [1.807, 2.05) is 12.1 Å². The van der Waals surface area contributed by atoms with Crippen LogP contribution >= 0.6 is 11.8 Å². The molecule has 25 heavy (non-hydrogen) atoms. The predicted octanol–water partition coefficient (Wildman–Crippen LogP) is 3.65. The molecule has 0 atom stereocenters. The first-order valence-electron chi connectivity index (χ1n) is 8.33. The first-order chi connectivity index (χ1) is 12.0. The van der Waals surface area contributed by atoms with Crippen molar-refractivity contribution >= 4 is 11.8 Å². The number of thioether (sulfide) groups is 1. The third kappa shape index (κ3) is 3.44. The summed E-state index contributed by atoms with van der Waals surface area (Å²) in [6.45, 7) is 6.17. The van der Waals surface area contributed by atoms with E-state index in [-0.39, 0.29) is 5.41 Å². The molecule has 0 saturated heterocycles. The van der Waals surface area contributed by atoms with Crippen LogP contribution in [0.2, 0.25) is 0 Å². The molecule has 4 rings (SSSR count). The molecule has 130 valence electrons. The van der Waals surface area contributed by atoms with Crippen LogP contribution in [0.1, 0.15) is 51.4 Å². The van der Waals surface area contributed by atoms with Gasteiger partial charge in [-0.05, 0) is 25.0 Å². The molecule has 1 aliphatic carbocycles. The van der Waals surface area contributed by atoms with Gasteiger partial charge in [-0.2, -0.15) is 4.98 Å². The molecule has 3 aromatic heterocycles. The van der Waals surface area contributed by atoms with E-state index in [2.05, 4.69) is 50.7 Å². The van der Waals surface area contributed by atoms with E-state index in [1.165, 1.54) is 12.8 Å². The number of hydrogen-bond donors (Lipinski definition) is 0. The van der Waals surface area contributed by atoms with E-state index in [4.69, 9.17) is 4.52 Å². The highest BCUT2D eigenvalue weighted by Gasteiger charge is 2.30. The fourth-order valence-corrected chi connectivity index (χ4v) is 3.33. The highest BCUT2D eigenvalue weighted by Crippen LogP contribution is 2.41. The van der Waals surface area contributed by atoms with E-state index >= 15 is 0 Å². The summed E-state index contributed by atoms with van der Waals surface area (Å²) in [5.41, 5.74) is 0.897. The Hall–Kier alpha value is -2.22. The highest BCUT2D eigenvalue weighted by molar-refractivity contribution is 7.98. The van der Waals surface area contributed by atoms with Gasteiger partial charge < -0.3 is 4.52 Å². The topological polar surface area (TPSA) is 82.5 Å². The Labute approximate surface area is 150 Å². The molecule has 8 heteroatoms. The van der Waals surface area contributed by atoms with Crippen LogP contribution in [0.4, 0.5) is 0 Å². The highest BCUT2D eigenvalue weighted by atomic mass is 32.2. The lowest BCUT2D eigenvalue weighted by atomic mass is 9.97. The maximum atomic E-state index is 5.36. The standard InChI is InChI=1S/C17H20N6OS/c1-17(2,3)15-19-13(22-24-15)10-25-16-21-20-14(23(16)12-4-5-12)11-6-8-18-9-7-11/h6-9,12H,4-5,10H2,1-3H3. The van der Waals surface area contributed by atoms with E-state index < -0.39 is 0 Å². The van der Waals surface area contributed by atoms with Crippen molar-refractivity contribution in [2.75, 3.05) is 0 Å². The Morgan fingerprint density at radius 1 is 1.20 bits per heavy atom. The Kier molecular flexibility index (Phi) is 4.07. The summed E-state index contributed by atoms with van der Waals surface area (Å²) in [5, 5.41) is 13.8. The smallest absolute Gasteiger partial charge is 0.232 e. The SMILES string of the molecule is CC(C)(C)c1nc(CSc2nnc(-c3ccncc3)n2C2CC2)no1. The molecule has 1 aliphatic rings. The van der Waals surface area contributed by atoms with Crippen LogP contribution in [-0.4, -0.2) is 29.9 Å². The average molecular weight is 356 g/mol. The van der Waals surface area contributed by atoms with Crippen molar-refractivity contribution in [3.8, 4) is 11.4 Å². The van der Waals surface area contributed by atoms with Gasteiger partial charge >= 0.3 is 0 Å². The lowest BCUT2D eigenvalue weighted by Crippen LogP contribution is -2.11. The molecule has 3 aromatic rings. The zero-order chi connectivity index (χ0) is 17.4. The van der Waals surface area contributed by atoms with Gasteiger partial charge in [-0.25, -0.2) is 0 Å². The quantitative estimate of drug-likeness (QED) is 0.645. The Morgan fingerprint density at radius 3 is 2.60 bits per heavy atom. The van der Waals surface area contributed by atoms with Crippen molar-refractivity contribution in [3.05, 3.63) is 36.2 Å². The Morgan fingerprint density at radius 2 is 1.96 bits per heavy atom. The van der Waals surface area contributed by atoms with Crippen molar-refractivity contribution in [2.45, 2.75) is 56.0 Å². The van der Waals surface area contributed by atoms with Crippen LogP contribution in [0.5, 0.6) is 0 Å². The van der Waals surface area contributed by atoms with Crippen molar-refractivity contribution < 1.29 is 4.52 Å². The zero-order valence-corrected chi connectivity index (χ0v) is 15.3. The third-order valence-electron chi connectivity index (χ3n) is 3.96. The second-order valence-electron chi connectivity index (χ2n) is 7.20. The Balaban J connectivity index is 1.55. The van der Waals surface area contributed by atoms with Crippen LogP contribution in [-0.2, 0) is 11.2 Å². The van der Waals surface area contributed by atoms with Crippen LogP contribution in [0.25, 0.3) is 11.4 Å². The molecule has 0 bridgehead atoms. The molecule has 0 spiro atoms. The summed E-state index contributed by atoms with van der Waals surface area (Å²) in [6, 6.07) is 4.41. The van der Waals surface area contributed by atoms with E-state index in [0.29, 0.717) is 23.5 Å². The summed E-state index contributed by atoms with van der Waals surface area (Å²) in [4.78, 5) is 8.56. The molecule has 7 nitrogen and oxygen atoms in total. The van der Waals surface area contributed by atoms with Crippen molar-refractivity contribution in [2.24, 2.45) is 0 Å². The van der Waals surface area contributed by atoms with Gasteiger partial charge in [0.1, 0.15) is 0 Å². The number of pyridine rings is 1. The monoisotopic (exact) mass is 356 g/mol. The molecule has 0 aliphatic heterocycles. The maximum absolute atomic E-state index is 5.36. The summed E-state index contributed by atoms with van der Waals surface area (Å²) >= 11 is 1.60. The van der Waals surface area contributed by atoms with Crippen molar-refractivity contribution in [1.82, 2.24) is 29.9 Å². The second-order valence-corrected chi connectivity index (χ2v) is 8.14. The molecule has 1 saturated carbocycles. The van der Waals surface area contributed by atoms with E-state index in [1.54, 1.807) is 24.2 Å². The zero-order valence-electron chi connectivity index (χ0n) is 14.5. The van der Waals surface area contributed by atoms with Gasteiger partial charge in [0, 0.05) is 29.4 Å². The number of hydrogen-bond acceptors (Lipinski definition) is 7. The fraction of sp³-hybridized carbons (Fsp3) is 0.471. The van der Waals surface area contributed by atoms with Crippen LogP contribution in [0.3, 0.4) is 0 Å². The maximum Gasteiger partial charge on any atom is 0.232 e. The molecular weight excluding hydrogens is 336 g/mol. The van der Waals surface area contributed by atoms with Crippen molar-refractivity contribution in [3.63, 3.8) is 0 Å². The summed E-state index contributed by atoms with van der Waals surface area (Å²) in [6.07, 6.45) is 5.89. The average Bonchev–Trinajstić information content (AvgIpc) is 3.15. The molecule has 3 heterocycles. The first kappa shape index (κ1) is 16.3. The minimum atomic E-state index is -0.140. The van der Waals surface area contributed by atoms with Gasteiger partial charge in [0.25, 0.3) is 0 Å². The van der Waals surface area contributed by atoms with Gasteiger partial charge in [-0.1, -0.05) is 37.7 Å². The lowest BCUT2D eigenvalue weighted by Gasteiger charge is -2.10. The van der Waals surface area contributed by atoms with Crippen molar-refractivity contribution in [1.29, 1.82) is 0 Å². The fourth-order valence-electron chi connectivity index (χ4n) is 2.48. The van der Waals surface area contributed by atoms with E-state index in [9.17, 15) is 0 Å². The second kappa shape index (κ2) is 6.25. The van der Waals surface area contributed by atoms with Gasteiger partial charge in [0.15, 0.2) is 16.8 Å². The van der Waals surface area contributed by atoms with Gasteiger partial charge in [0.05, 0.1) is 5.75 Å². The van der Waals surface area contributed by atoms with Crippen LogP contribution in [0.15, 0.2) is 34.2 Å². The minimum Gasteiger partial charge on any atom is -0.339 e. The lowest BCUT2D eigenvalue weighted by molar-refractivity contribution is 0.319. The number of aromatic nitrogens is 6. The molecule has 0 aromatic carbocycles. The third-order valence-corrected chi connectivity index (χ3v) is 4.89. The molecule has 0 unspecified atom stereocenters. The van der Waals surface area contributed by atoms with Gasteiger partial charge in [0.2, 0.25) is 5.89 Å². The predicted molar refractivity (Wildman–Crippen MR) is 94.1 cm³/mol. The van der Waals surface area contributed by atoms with Gasteiger partial charge in [-0.3, -0.25) is 9.55 Å². The van der Waals surface area contributed by atoms with E-state index in [0.717, 1.165) is 16.5 Å². The number of nitrogens with zero attached hydrogens (tertiary/aromatic N) is 6. The minimum absolute atomic E-state index is 0.140. The first-order valence-corrected chi connectivity index (χ1v) is 9.32. The van der Waals surface area contributed by atoms with Crippen LogP contribution < -0.4 is 0 Å². The molecule has 0 N–H and O–H groups in total. The summed E-state index contributed by atoms with van der Waals surface area (Å²) < 4.78 is 7.58. The summed E-state index contributed by atoms with van der Waals surface area (Å²) in [5.74, 6) is 2.85. The number of rotatable bonds is 5. The molecule has 0 radical (unpaired) electrons. The summed E-state index contributed by atoms with van der Waals surface area (Å²) in [7, 11) is 0. The largest absolute Gasteiger partial charge is 0.339 e. The van der Waals surface area contributed by atoms with Crippen LogP contribution in [0, 0.1) is 0 Å². The molecule has 1 fully saturated rings. The molecular formula is C17H20N6OS. The van der Waals surface area contributed by atoms with Gasteiger partial charge in [-0.15, -0.1) is 10.2 Å².